The number of carbonyl (C=O) groups is 1. The van der Waals surface area contributed by atoms with Crippen LogP contribution in [-0.2, 0) is 17.9 Å². The average molecular weight is 384 g/mol. The van der Waals surface area contributed by atoms with Crippen LogP contribution in [0.2, 0.25) is 0 Å². The Bertz CT molecular complexity index is 965. The number of benzene rings is 2. The van der Waals surface area contributed by atoms with E-state index in [9.17, 15) is 4.79 Å². The molecule has 0 saturated heterocycles. The number of carboxylic acid groups (broad SMARTS) is 1. The molecule has 1 N–H and O–H groups in total. The Morgan fingerprint density at radius 1 is 1.11 bits per heavy atom. The summed E-state index contributed by atoms with van der Waals surface area (Å²) in [4.78, 5) is 15.4. The molecule has 0 fully saturated rings. The lowest BCUT2D eigenvalue weighted by Crippen LogP contribution is -2.11. The van der Waals surface area contributed by atoms with Gasteiger partial charge in [0, 0.05) is 18.7 Å². The summed E-state index contributed by atoms with van der Waals surface area (Å²) in [6, 6.07) is 12.8. The molecule has 7 nitrogen and oxygen atoms in total. The summed E-state index contributed by atoms with van der Waals surface area (Å²) >= 11 is 0. The minimum atomic E-state index is -1.01. The second-order valence-corrected chi connectivity index (χ2v) is 6.83. The molecule has 1 aromatic heterocycles. The molecule has 0 spiro atoms. The van der Waals surface area contributed by atoms with Gasteiger partial charge < -0.3 is 23.9 Å². The highest BCUT2D eigenvalue weighted by molar-refractivity contribution is 5.78. The van der Waals surface area contributed by atoms with E-state index in [1.54, 1.807) is 13.2 Å². The van der Waals surface area contributed by atoms with E-state index >= 15 is 0 Å². The van der Waals surface area contributed by atoms with Crippen molar-refractivity contribution in [3.8, 4) is 17.2 Å². The molecule has 0 radical (unpaired) electrons. The molecular formula is C21H24N2O5. The fourth-order valence-corrected chi connectivity index (χ4v) is 2.91. The number of imidazole rings is 1. The maximum absolute atomic E-state index is 10.8. The number of rotatable bonds is 9. The van der Waals surface area contributed by atoms with E-state index in [4.69, 9.17) is 24.3 Å². The number of nitrogens with zero attached hydrogens (tertiary/aromatic N) is 2. The number of carboxylic acids is 1. The van der Waals surface area contributed by atoms with Crippen LogP contribution in [0.4, 0.5) is 0 Å². The van der Waals surface area contributed by atoms with E-state index < -0.39 is 5.97 Å². The molecule has 0 atom stereocenters. The van der Waals surface area contributed by atoms with Crippen molar-refractivity contribution in [1.29, 1.82) is 0 Å². The van der Waals surface area contributed by atoms with Gasteiger partial charge in [-0.3, -0.25) is 0 Å². The van der Waals surface area contributed by atoms with Crippen LogP contribution >= 0.6 is 0 Å². The Morgan fingerprint density at radius 2 is 1.86 bits per heavy atom. The summed E-state index contributed by atoms with van der Waals surface area (Å²) in [5.74, 6) is 2.11. The van der Waals surface area contributed by atoms with Gasteiger partial charge >= 0.3 is 5.97 Å². The molecule has 3 aromatic rings. The Labute approximate surface area is 163 Å². The van der Waals surface area contributed by atoms with Gasteiger partial charge in [-0.05, 0) is 30.2 Å². The van der Waals surface area contributed by atoms with Crippen molar-refractivity contribution in [2.24, 2.45) is 5.92 Å². The molecule has 0 saturated carbocycles. The van der Waals surface area contributed by atoms with E-state index in [0.29, 0.717) is 24.0 Å². The van der Waals surface area contributed by atoms with Crippen molar-refractivity contribution in [3.63, 3.8) is 0 Å². The quantitative estimate of drug-likeness (QED) is 0.605. The van der Waals surface area contributed by atoms with Gasteiger partial charge in [-0.25, -0.2) is 9.78 Å². The van der Waals surface area contributed by atoms with Gasteiger partial charge in [0.1, 0.15) is 29.7 Å². The molecule has 0 aliphatic heterocycles. The predicted octanol–water partition coefficient (Wildman–Crippen LogP) is 3.74. The van der Waals surface area contributed by atoms with E-state index in [-0.39, 0.29) is 6.61 Å². The van der Waals surface area contributed by atoms with Crippen molar-refractivity contribution in [2.75, 3.05) is 13.7 Å². The van der Waals surface area contributed by atoms with Crippen LogP contribution in [0.15, 0.2) is 42.5 Å². The van der Waals surface area contributed by atoms with Gasteiger partial charge in [0.15, 0.2) is 6.61 Å². The van der Waals surface area contributed by atoms with Gasteiger partial charge in [-0.1, -0.05) is 19.9 Å². The first-order chi connectivity index (χ1) is 13.5. The van der Waals surface area contributed by atoms with Crippen LogP contribution in [0, 0.1) is 5.92 Å². The van der Waals surface area contributed by atoms with Crippen LogP contribution in [0.3, 0.4) is 0 Å². The zero-order valence-electron chi connectivity index (χ0n) is 16.2. The number of aliphatic carboxylic acids is 1. The van der Waals surface area contributed by atoms with E-state index in [1.807, 2.05) is 36.4 Å². The lowest BCUT2D eigenvalue weighted by Gasteiger charge is -2.13. The first kappa shape index (κ1) is 19.5. The maximum Gasteiger partial charge on any atom is 0.341 e. The Morgan fingerprint density at radius 3 is 2.57 bits per heavy atom. The number of hydrogen-bond acceptors (Lipinski definition) is 5. The fraction of sp³-hybridized carbons (Fsp3) is 0.333. The third-order valence-corrected chi connectivity index (χ3v) is 4.12. The van der Waals surface area contributed by atoms with Crippen molar-refractivity contribution in [2.45, 2.75) is 27.0 Å². The molecule has 0 aliphatic rings. The largest absolute Gasteiger partial charge is 0.497 e. The third kappa shape index (κ3) is 4.73. The van der Waals surface area contributed by atoms with E-state index in [1.165, 1.54) is 0 Å². The molecule has 0 unspecified atom stereocenters. The molecule has 148 valence electrons. The third-order valence-electron chi connectivity index (χ3n) is 4.12. The maximum atomic E-state index is 10.8. The topological polar surface area (TPSA) is 82.8 Å². The smallest absolute Gasteiger partial charge is 0.341 e. The summed E-state index contributed by atoms with van der Waals surface area (Å²) < 4.78 is 18.6. The van der Waals surface area contributed by atoms with Crippen LogP contribution in [0.25, 0.3) is 11.0 Å². The second kappa shape index (κ2) is 8.65. The Hall–Kier alpha value is -3.22. The molecule has 2 aromatic carbocycles. The number of aromatic nitrogens is 2. The van der Waals surface area contributed by atoms with Crippen LogP contribution in [0.5, 0.6) is 17.2 Å². The fourth-order valence-electron chi connectivity index (χ4n) is 2.91. The normalized spacial score (nSPS) is 11.0. The highest BCUT2D eigenvalue weighted by atomic mass is 16.5. The van der Waals surface area contributed by atoms with Gasteiger partial charge in [0.05, 0.1) is 18.1 Å². The second-order valence-electron chi connectivity index (χ2n) is 6.83. The molecule has 0 amide bonds. The zero-order valence-corrected chi connectivity index (χ0v) is 16.2. The molecule has 1 heterocycles. The minimum absolute atomic E-state index is 0.305. The van der Waals surface area contributed by atoms with Crippen LogP contribution < -0.4 is 14.2 Å². The number of methoxy groups -OCH3 is 1. The number of hydrogen-bond donors (Lipinski definition) is 1. The van der Waals surface area contributed by atoms with Crippen molar-refractivity contribution >= 4 is 17.0 Å². The van der Waals surface area contributed by atoms with Gasteiger partial charge in [-0.2, -0.15) is 0 Å². The Kier molecular flexibility index (Phi) is 6.03. The summed E-state index contributed by atoms with van der Waals surface area (Å²) in [5, 5.41) is 8.81. The molecule has 7 heteroatoms. The monoisotopic (exact) mass is 384 g/mol. The first-order valence-corrected chi connectivity index (χ1v) is 9.07. The summed E-state index contributed by atoms with van der Waals surface area (Å²) in [7, 11) is 1.62. The number of fused-ring (bicyclic) bond motifs is 1. The number of ether oxygens (including phenoxy) is 3. The van der Waals surface area contributed by atoms with Crippen molar-refractivity contribution < 1.29 is 24.1 Å². The zero-order chi connectivity index (χ0) is 20.1. The van der Waals surface area contributed by atoms with Crippen LogP contribution in [0.1, 0.15) is 19.7 Å². The summed E-state index contributed by atoms with van der Waals surface area (Å²) in [6.07, 6.45) is 0. The van der Waals surface area contributed by atoms with Crippen molar-refractivity contribution in [3.05, 3.63) is 48.3 Å². The molecular weight excluding hydrogens is 360 g/mol. The van der Waals surface area contributed by atoms with E-state index in [2.05, 4.69) is 18.4 Å². The molecule has 0 bridgehead atoms. The van der Waals surface area contributed by atoms with Gasteiger partial charge in [0.2, 0.25) is 0 Å². The summed E-state index contributed by atoms with van der Waals surface area (Å²) in [6.45, 7) is 4.94. The van der Waals surface area contributed by atoms with E-state index in [0.717, 1.165) is 29.2 Å². The van der Waals surface area contributed by atoms with Crippen LogP contribution in [-0.4, -0.2) is 34.3 Å². The standard InChI is InChI=1S/C21H24N2O5/c1-14(2)11-23-19-10-17(28-13-21(24)25)7-8-18(19)22-20(23)12-27-16-6-4-5-15(9-16)26-3/h4-10,14H,11-13H2,1-3H3,(H,24,25). The summed E-state index contributed by atoms with van der Waals surface area (Å²) in [5.41, 5.74) is 1.70. The highest BCUT2D eigenvalue weighted by Crippen LogP contribution is 2.25. The molecule has 0 aliphatic carbocycles. The Balaban J connectivity index is 1.88. The molecule has 3 rings (SSSR count). The lowest BCUT2D eigenvalue weighted by atomic mass is 10.2. The predicted molar refractivity (Wildman–Crippen MR) is 105 cm³/mol. The highest BCUT2D eigenvalue weighted by Gasteiger charge is 2.14. The lowest BCUT2D eigenvalue weighted by molar-refractivity contribution is -0.139. The van der Waals surface area contributed by atoms with Gasteiger partial charge in [0.25, 0.3) is 0 Å². The minimum Gasteiger partial charge on any atom is -0.497 e. The SMILES string of the molecule is COc1cccc(OCc2nc3ccc(OCC(=O)O)cc3n2CC(C)C)c1. The van der Waals surface area contributed by atoms with Gasteiger partial charge in [-0.15, -0.1) is 0 Å². The molecule has 28 heavy (non-hydrogen) atoms. The first-order valence-electron chi connectivity index (χ1n) is 9.07. The average Bonchev–Trinajstić information content (AvgIpc) is 3.01. The van der Waals surface area contributed by atoms with Crippen molar-refractivity contribution in [1.82, 2.24) is 9.55 Å².